The molecule has 5 nitrogen and oxygen atoms in total. The normalized spacial score (nSPS) is 26.7. The SMILES string of the molecule is CC(C)(C)C1=NOC(C)(C(=O)ON=C2CCCCCC2)C1. The molecule has 1 aliphatic carbocycles. The van der Waals surface area contributed by atoms with E-state index in [2.05, 4.69) is 31.1 Å². The van der Waals surface area contributed by atoms with Crippen LogP contribution >= 0.6 is 0 Å². The van der Waals surface area contributed by atoms with Crippen LogP contribution in [0.1, 0.15) is 72.6 Å². The van der Waals surface area contributed by atoms with Gasteiger partial charge in [0, 0.05) is 11.8 Å². The van der Waals surface area contributed by atoms with Crippen LogP contribution in [0.4, 0.5) is 0 Å². The number of carbonyl (C=O) groups is 1. The van der Waals surface area contributed by atoms with Crippen LogP contribution in [-0.4, -0.2) is 23.0 Å². The Hall–Kier alpha value is -1.39. The van der Waals surface area contributed by atoms with E-state index in [4.69, 9.17) is 9.68 Å². The first-order chi connectivity index (χ1) is 9.81. The van der Waals surface area contributed by atoms with Crippen LogP contribution in [0, 0.1) is 5.41 Å². The Morgan fingerprint density at radius 2 is 1.86 bits per heavy atom. The maximum atomic E-state index is 12.2. The number of nitrogens with zero attached hydrogens (tertiary/aromatic N) is 2. The maximum Gasteiger partial charge on any atom is 0.381 e. The molecule has 0 bridgehead atoms. The van der Waals surface area contributed by atoms with Crippen molar-refractivity contribution in [2.45, 2.75) is 78.2 Å². The van der Waals surface area contributed by atoms with Crippen LogP contribution < -0.4 is 0 Å². The summed E-state index contributed by atoms with van der Waals surface area (Å²) in [5.41, 5.74) is 0.714. The molecule has 0 radical (unpaired) electrons. The van der Waals surface area contributed by atoms with E-state index in [1.807, 2.05) is 0 Å². The van der Waals surface area contributed by atoms with E-state index < -0.39 is 11.6 Å². The van der Waals surface area contributed by atoms with Crippen LogP contribution in [0.3, 0.4) is 0 Å². The first kappa shape index (κ1) is 16.0. The molecule has 2 aliphatic rings. The minimum absolute atomic E-state index is 0.106. The van der Waals surface area contributed by atoms with Crippen molar-refractivity contribution in [3.05, 3.63) is 0 Å². The highest BCUT2D eigenvalue weighted by molar-refractivity contribution is 5.96. The third-order valence-corrected chi connectivity index (χ3v) is 4.10. The summed E-state index contributed by atoms with van der Waals surface area (Å²) in [6, 6.07) is 0. The van der Waals surface area contributed by atoms with Crippen molar-refractivity contribution < 1.29 is 14.5 Å². The minimum atomic E-state index is -1.04. The van der Waals surface area contributed by atoms with Crippen LogP contribution in [-0.2, 0) is 14.5 Å². The Labute approximate surface area is 126 Å². The van der Waals surface area contributed by atoms with Gasteiger partial charge in [0.15, 0.2) is 0 Å². The molecular formula is C16H26N2O3. The molecular weight excluding hydrogens is 268 g/mol. The smallest absolute Gasteiger partial charge is 0.377 e. The topological polar surface area (TPSA) is 60.2 Å². The molecule has 0 aromatic heterocycles. The van der Waals surface area contributed by atoms with E-state index in [9.17, 15) is 4.79 Å². The average molecular weight is 294 g/mol. The second-order valence-corrected chi connectivity index (χ2v) is 7.24. The molecule has 1 atom stereocenters. The largest absolute Gasteiger partial charge is 0.381 e. The van der Waals surface area contributed by atoms with Crippen LogP contribution in [0.2, 0.25) is 0 Å². The van der Waals surface area contributed by atoms with Crippen molar-refractivity contribution in [3.8, 4) is 0 Å². The molecule has 1 aliphatic heterocycles. The van der Waals surface area contributed by atoms with E-state index in [-0.39, 0.29) is 5.41 Å². The summed E-state index contributed by atoms with van der Waals surface area (Å²) in [6.07, 6.45) is 7.03. The molecule has 1 fully saturated rings. The molecule has 0 saturated heterocycles. The lowest BCUT2D eigenvalue weighted by Gasteiger charge is -2.20. The van der Waals surface area contributed by atoms with Gasteiger partial charge in [-0.1, -0.05) is 43.9 Å². The van der Waals surface area contributed by atoms with Crippen molar-refractivity contribution in [2.24, 2.45) is 15.7 Å². The number of carbonyl (C=O) groups excluding carboxylic acids is 1. The van der Waals surface area contributed by atoms with Crippen molar-refractivity contribution in [2.75, 3.05) is 0 Å². The van der Waals surface area contributed by atoms with E-state index in [1.54, 1.807) is 6.92 Å². The summed E-state index contributed by atoms with van der Waals surface area (Å²) < 4.78 is 0. The predicted molar refractivity (Wildman–Crippen MR) is 82.2 cm³/mol. The quantitative estimate of drug-likeness (QED) is 0.442. The molecule has 118 valence electrons. The summed E-state index contributed by atoms with van der Waals surface area (Å²) in [5, 5.41) is 8.11. The lowest BCUT2D eigenvalue weighted by Crippen LogP contribution is -2.37. The Balaban J connectivity index is 1.93. The lowest BCUT2D eigenvalue weighted by atomic mass is 9.84. The zero-order valence-electron chi connectivity index (χ0n) is 13.6. The number of rotatable bonds is 2. The molecule has 0 N–H and O–H groups in total. The number of hydrogen-bond acceptors (Lipinski definition) is 5. The van der Waals surface area contributed by atoms with Gasteiger partial charge in [0.1, 0.15) is 0 Å². The van der Waals surface area contributed by atoms with E-state index in [0.717, 1.165) is 37.1 Å². The summed E-state index contributed by atoms with van der Waals surface area (Å²) in [5.74, 6) is -0.456. The zero-order chi connectivity index (χ0) is 15.5. The molecule has 1 saturated carbocycles. The first-order valence-electron chi connectivity index (χ1n) is 7.84. The second kappa shape index (κ2) is 6.16. The number of hydrogen-bond donors (Lipinski definition) is 0. The summed E-state index contributed by atoms with van der Waals surface area (Å²) >= 11 is 0. The summed E-state index contributed by atoms with van der Waals surface area (Å²) in [6.45, 7) is 7.87. The summed E-state index contributed by atoms with van der Waals surface area (Å²) in [4.78, 5) is 22.7. The molecule has 5 heteroatoms. The predicted octanol–water partition coefficient (Wildman–Crippen LogP) is 3.82. The maximum absolute atomic E-state index is 12.2. The van der Waals surface area contributed by atoms with Gasteiger partial charge in [0.25, 0.3) is 0 Å². The van der Waals surface area contributed by atoms with Gasteiger partial charge in [-0.05, 0) is 32.6 Å². The molecule has 0 amide bonds. The summed E-state index contributed by atoms with van der Waals surface area (Å²) in [7, 11) is 0. The van der Waals surface area contributed by atoms with Crippen molar-refractivity contribution in [1.29, 1.82) is 0 Å². The van der Waals surface area contributed by atoms with Crippen LogP contribution in [0.5, 0.6) is 0 Å². The van der Waals surface area contributed by atoms with Gasteiger partial charge in [-0.2, -0.15) is 0 Å². The molecule has 1 heterocycles. The van der Waals surface area contributed by atoms with Crippen LogP contribution in [0.25, 0.3) is 0 Å². The van der Waals surface area contributed by atoms with Gasteiger partial charge in [0.05, 0.1) is 11.4 Å². The fraction of sp³-hybridized carbons (Fsp3) is 0.812. The molecule has 1 unspecified atom stereocenters. The first-order valence-corrected chi connectivity index (χ1v) is 7.84. The van der Waals surface area contributed by atoms with Crippen LogP contribution in [0.15, 0.2) is 10.3 Å². The Bertz CT molecular complexity index is 453. The highest BCUT2D eigenvalue weighted by Crippen LogP contribution is 2.32. The van der Waals surface area contributed by atoms with Gasteiger partial charge < -0.3 is 9.68 Å². The molecule has 0 aromatic carbocycles. The Kier molecular flexibility index (Phi) is 4.69. The standard InChI is InChI=1S/C16H26N2O3/c1-15(2,3)13-11-16(4,21-18-13)14(19)20-17-12-9-7-5-6-8-10-12/h5-11H2,1-4H3. The van der Waals surface area contributed by atoms with Gasteiger partial charge in [-0.25, -0.2) is 4.79 Å². The van der Waals surface area contributed by atoms with Gasteiger partial charge in [0.2, 0.25) is 5.60 Å². The number of oxime groups is 2. The third kappa shape index (κ3) is 4.05. The fourth-order valence-corrected chi connectivity index (χ4v) is 2.48. The monoisotopic (exact) mass is 294 g/mol. The molecule has 0 spiro atoms. The van der Waals surface area contributed by atoms with E-state index in [0.29, 0.717) is 6.42 Å². The van der Waals surface area contributed by atoms with Gasteiger partial charge in [-0.3, -0.25) is 0 Å². The zero-order valence-corrected chi connectivity index (χ0v) is 13.6. The second-order valence-electron chi connectivity index (χ2n) is 7.24. The highest BCUT2D eigenvalue weighted by Gasteiger charge is 2.46. The lowest BCUT2D eigenvalue weighted by molar-refractivity contribution is -0.167. The third-order valence-electron chi connectivity index (χ3n) is 4.10. The van der Waals surface area contributed by atoms with Crippen molar-refractivity contribution >= 4 is 17.4 Å². The van der Waals surface area contributed by atoms with Gasteiger partial charge >= 0.3 is 5.97 Å². The molecule has 2 rings (SSSR count). The average Bonchev–Trinajstić information content (AvgIpc) is 2.67. The Morgan fingerprint density at radius 3 is 2.38 bits per heavy atom. The highest BCUT2D eigenvalue weighted by atomic mass is 16.7. The molecule has 0 aromatic rings. The van der Waals surface area contributed by atoms with Gasteiger partial charge in [-0.15, -0.1) is 0 Å². The van der Waals surface area contributed by atoms with Crippen molar-refractivity contribution in [3.63, 3.8) is 0 Å². The van der Waals surface area contributed by atoms with E-state index >= 15 is 0 Å². The van der Waals surface area contributed by atoms with Crippen molar-refractivity contribution in [1.82, 2.24) is 0 Å². The fourth-order valence-electron chi connectivity index (χ4n) is 2.48. The minimum Gasteiger partial charge on any atom is -0.377 e. The molecule has 21 heavy (non-hydrogen) atoms. The van der Waals surface area contributed by atoms with E-state index in [1.165, 1.54) is 12.8 Å². The Morgan fingerprint density at radius 1 is 1.24 bits per heavy atom.